The summed E-state index contributed by atoms with van der Waals surface area (Å²) in [6, 6.07) is 6.25. The molecular formula is C10H9F3O. The summed E-state index contributed by atoms with van der Waals surface area (Å²) in [6.07, 6.45) is -0.615. The van der Waals surface area contributed by atoms with Crippen molar-refractivity contribution < 1.29 is 17.9 Å². The zero-order valence-corrected chi connectivity index (χ0v) is 7.56. The number of halogens is 3. The Kier molecular flexibility index (Phi) is 1.77. The predicted octanol–water partition coefficient (Wildman–Crippen LogP) is 2.94. The maximum Gasteiger partial charge on any atom is 0.320 e. The van der Waals surface area contributed by atoms with Gasteiger partial charge in [-0.05, 0) is 6.07 Å². The lowest BCUT2D eigenvalue weighted by atomic mass is 9.98. The van der Waals surface area contributed by atoms with Gasteiger partial charge in [-0.2, -0.15) is 13.2 Å². The zero-order valence-electron chi connectivity index (χ0n) is 7.56. The molecule has 1 heterocycles. The van der Waals surface area contributed by atoms with Crippen LogP contribution in [0, 0.1) is 0 Å². The summed E-state index contributed by atoms with van der Waals surface area (Å²) in [5, 5.41) is 0. The third-order valence-corrected chi connectivity index (χ3v) is 2.34. The normalized spacial score (nSPS) is 29.1. The molecule has 0 aliphatic carbocycles. The molecule has 1 atom stereocenters. The highest BCUT2D eigenvalue weighted by Crippen LogP contribution is 2.43. The van der Waals surface area contributed by atoms with Crippen molar-refractivity contribution in [2.24, 2.45) is 0 Å². The molecule has 2 rings (SSSR count). The number of fused-ring (bicyclic) bond motifs is 1. The highest BCUT2D eigenvalue weighted by Gasteiger charge is 2.56. The van der Waals surface area contributed by atoms with Crippen LogP contribution in [0.1, 0.15) is 12.5 Å². The number of benzene rings is 1. The monoisotopic (exact) mass is 202 g/mol. The van der Waals surface area contributed by atoms with E-state index in [1.54, 1.807) is 12.1 Å². The third-order valence-electron chi connectivity index (χ3n) is 2.34. The Hall–Kier alpha value is -1.19. The van der Waals surface area contributed by atoms with Gasteiger partial charge in [0, 0.05) is 18.9 Å². The molecule has 0 fully saturated rings. The number of ether oxygens (including phenoxy) is 1. The Morgan fingerprint density at radius 3 is 2.57 bits per heavy atom. The van der Waals surface area contributed by atoms with Gasteiger partial charge in [-0.1, -0.05) is 18.2 Å². The second kappa shape index (κ2) is 2.65. The van der Waals surface area contributed by atoms with Gasteiger partial charge in [-0.25, -0.2) is 0 Å². The van der Waals surface area contributed by atoms with Gasteiger partial charge in [-0.3, -0.25) is 0 Å². The Morgan fingerprint density at radius 2 is 1.86 bits per heavy atom. The molecule has 0 spiro atoms. The number of rotatable bonds is 0. The van der Waals surface area contributed by atoms with Crippen LogP contribution >= 0.6 is 0 Å². The third kappa shape index (κ3) is 1.25. The van der Waals surface area contributed by atoms with E-state index in [-0.39, 0.29) is 5.75 Å². The van der Waals surface area contributed by atoms with Crippen LogP contribution in [0.5, 0.6) is 5.75 Å². The summed E-state index contributed by atoms with van der Waals surface area (Å²) < 4.78 is 44.3. The fourth-order valence-corrected chi connectivity index (χ4v) is 1.43. The fraction of sp³-hybridized carbons (Fsp3) is 0.400. The first-order valence-corrected chi connectivity index (χ1v) is 4.26. The highest BCUT2D eigenvalue weighted by molar-refractivity contribution is 5.37. The second-order valence-electron chi connectivity index (χ2n) is 3.51. The van der Waals surface area contributed by atoms with E-state index in [9.17, 15) is 13.2 Å². The largest absolute Gasteiger partial charge is 0.452 e. The molecule has 14 heavy (non-hydrogen) atoms. The molecule has 0 aromatic heterocycles. The van der Waals surface area contributed by atoms with Gasteiger partial charge < -0.3 is 4.74 Å². The van der Waals surface area contributed by atoms with Crippen LogP contribution in [0.25, 0.3) is 0 Å². The standard InChI is InChI=1S/C10H9F3O/c1-9(11)10(12,13)6-7-4-2-3-5-8(7)14-9/h2-5H,6H2,1H3. The molecule has 1 aliphatic rings. The predicted molar refractivity (Wildman–Crippen MR) is 45.2 cm³/mol. The molecule has 4 heteroatoms. The maximum absolute atomic E-state index is 13.4. The minimum absolute atomic E-state index is 0.198. The molecule has 0 saturated carbocycles. The Labute approximate surface area is 79.5 Å². The smallest absolute Gasteiger partial charge is 0.320 e. The topological polar surface area (TPSA) is 9.23 Å². The van der Waals surface area contributed by atoms with Crippen molar-refractivity contribution in [3.8, 4) is 5.75 Å². The number of alkyl halides is 3. The number of para-hydroxylation sites is 1. The number of hydrogen-bond donors (Lipinski definition) is 0. The summed E-state index contributed by atoms with van der Waals surface area (Å²) in [6.45, 7) is 0.753. The van der Waals surface area contributed by atoms with Gasteiger partial charge in [0.15, 0.2) is 0 Å². The Balaban J connectivity index is 2.46. The van der Waals surface area contributed by atoms with Crippen LogP contribution in [0.15, 0.2) is 24.3 Å². The molecule has 1 aromatic carbocycles. The van der Waals surface area contributed by atoms with Gasteiger partial charge >= 0.3 is 11.8 Å². The van der Waals surface area contributed by atoms with Crippen LogP contribution < -0.4 is 4.74 Å². The van der Waals surface area contributed by atoms with Crippen LogP contribution in [0.2, 0.25) is 0 Å². The highest BCUT2D eigenvalue weighted by atomic mass is 19.3. The van der Waals surface area contributed by atoms with Crippen molar-refractivity contribution in [1.29, 1.82) is 0 Å². The molecule has 0 saturated heterocycles. The van der Waals surface area contributed by atoms with Gasteiger partial charge in [-0.15, -0.1) is 0 Å². The summed E-state index contributed by atoms with van der Waals surface area (Å²) >= 11 is 0. The van der Waals surface area contributed by atoms with Crippen molar-refractivity contribution in [3.05, 3.63) is 29.8 Å². The van der Waals surface area contributed by atoms with Gasteiger partial charge in [0.25, 0.3) is 0 Å². The van der Waals surface area contributed by atoms with Crippen LogP contribution in [-0.2, 0) is 6.42 Å². The quantitative estimate of drug-likeness (QED) is 0.628. The summed E-state index contributed by atoms with van der Waals surface area (Å²) in [4.78, 5) is 0. The van der Waals surface area contributed by atoms with Crippen LogP contribution in [0.4, 0.5) is 13.2 Å². The lowest BCUT2D eigenvalue weighted by Crippen LogP contribution is -2.50. The average molecular weight is 202 g/mol. The molecule has 0 radical (unpaired) electrons. The lowest BCUT2D eigenvalue weighted by Gasteiger charge is -2.35. The summed E-state index contributed by atoms with van der Waals surface area (Å²) in [5.74, 6) is -6.19. The maximum atomic E-state index is 13.4. The van der Waals surface area contributed by atoms with Gasteiger partial charge in [0.1, 0.15) is 5.75 Å². The van der Waals surface area contributed by atoms with E-state index in [2.05, 4.69) is 4.74 Å². The molecular weight excluding hydrogens is 193 g/mol. The van der Waals surface area contributed by atoms with Crippen LogP contribution in [0.3, 0.4) is 0 Å². The van der Waals surface area contributed by atoms with E-state index < -0.39 is 18.2 Å². The van der Waals surface area contributed by atoms with Gasteiger partial charge in [0.05, 0.1) is 0 Å². The van der Waals surface area contributed by atoms with E-state index in [1.165, 1.54) is 12.1 Å². The summed E-state index contributed by atoms with van der Waals surface area (Å²) in [5.41, 5.74) is 0.340. The molecule has 1 aromatic rings. The molecule has 0 N–H and O–H groups in total. The van der Waals surface area contributed by atoms with Crippen molar-refractivity contribution in [1.82, 2.24) is 0 Å². The molecule has 1 aliphatic heterocycles. The fourth-order valence-electron chi connectivity index (χ4n) is 1.43. The molecule has 1 unspecified atom stereocenters. The average Bonchev–Trinajstić information content (AvgIpc) is 2.05. The first-order chi connectivity index (χ1) is 6.42. The van der Waals surface area contributed by atoms with E-state index in [0.29, 0.717) is 5.56 Å². The second-order valence-corrected chi connectivity index (χ2v) is 3.51. The van der Waals surface area contributed by atoms with Crippen molar-refractivity contribution >= 4 is 0 Å². The van der Waals surface area contributed by atoms with Crippen molar-refractivity contribution in [2.75, 3.05) is 0 Å². The lowest BCUT2D eigenvalue weighted by molar-refractivity contribution is -0.234. The first kappa shape index (κ1) is 9.37. The van der Waals surface area contributed by atoms with Crippen molar-refractivity contribution in [3.63, 3.8) is 0 Å². The molecule has 0 bridgehead atoms. The van der Waals surface area contributed by atoms with Crippen molar-refractivity contribution in [2.45, 2.75) is 25.1 Å². The van der Waals surface area contributed by atoms with E-state index in [4.69, 9.17) is 0 Å². The minimum Gasteiger partial charge on any atom is -0.452 e. The Morgan fingerprint density at radius 1 is 1.21 bits per heavy atom. The zero-order chi connectivity index (χ0) is 10.4. The van der Waals surface area contributed by atoms with E-state index in [1.807, 2.05) is 0 Å². The minimum atomic E-state index is -3.47. The first-order valence-electron chi connectivity index (χ1n) is 4.26. The van der Waals surface area contributed by atoms with E-state index in [0.717, 1.165) is 6.92 Å². The molecule has 0 amide bonds. The summed E-state index contributed by atoms with van der Waals surface area (Å²) in [7, 11) is 0. The van der Waals surface area contributed by atoms with Crippen LogP contribution in [-0.4, -0.2) is 11.8 Å². The number of hydrogen-bond acceptors (Lipinski definition) is 1. The Bertz CT molecular complexity index is 325. The SMILES string of the molecule is CC1(F)Oc2ccccc2CC1(F)F. The molecule has 76 valence electrons. The van der Waals surface area contributed by atoms with Gasteiger partial charge in [0.2, 0.25) is 0 Å². The molecule has 1 nitrogen and oxygen atoms in total. The van der Waals surface area contributed by atoms with E-state index >= 15 is 0 Å².